The van der Waals surface area contributed by atoms with Crippen LogP contribution in [0.4, 0.5) is 4.39 Å². The van der Waals surface area contributed by atoms with Crippen LogP contribution in [0.2, 0.25) is 0 Å². The minimum atomic E-state index is -3.62. The summed E-state index contributed by atoms with van der Waals surface area (Å²) in [5.41, 5.74) is 6.14. The maximum absolute atomic E-state index is 13.8. The predicted octanol–water partition coefficient (Wildman–Crippen LogP) is 1.33. The number of benzene rings is 1. The summed E-state index contributed by atoms with van der Waals surface area (Å²) in [7, 11) is -3.62. The fourth-order valence-electron chi connectivity index (χ4n) is 2.02. The van der Waals surface area contributed by atoms with Gasteiger partial charge in [0.1, 0.15) is 5.82 Å². The molecule has 1 aromatic rings. The summed E-state index contributed by atoms with van der Waals surface area (Å²) in [5.74, 6) is 1.03. The van der Waals surface area contributed by atoms with E-state index in [0.29, 0.717) is 18.7 Å². The highest BCUT2D eigenvalue weighted by Crippen LogP contribution is 2.25. The number of hydrogen-bond donors (Lipinski definition) is 1. The van der Waals surface area contributed by atoms with Crippen molar-refractivity contribution in [3.8, 4) is 0 Å². The second-order valence-electron chi connectivity index (χ2n) is 4.42. The van der Waals surface area contributed by atoms with Crippen molar-refractivity contribution in [1.82, 2.24) is 4.31 Å². The van der Waals surface area contributed by atoms with E-state index in [-0.39, 0.29) is 17.0 Å². The molecule has 4 nitrogen and oxygen atoms in total. The SMILES string of the molecule is Cc1c(F)cc(CN)cc1S(=O)(=O)N1CCSCC1. The van der Waals surface area contributed by atoms with Crippen molar-refractivity contribution in [2.45, 2.75) is 18.4 Å². The molecule has 1 fully saturated rings. The molecule has 19 heavy (non-hydrogen) atoms. The first-order valence-corrected chi connectivity index (χ1v) is 8.63. The van der Waals surface area contributed by atoms with E-state index in [1.165, 1.54) is 23.4 Å². The first kappa shape index (κ1) is 14.8. The summed E-state index contributed by atoms with van der Waals surface area (Å²) in [6, 6.07) is 2.77. The third kappa shape index (κ3) is 2.94. The molecule has 0 aromatic heterocycles. The smallest absolute Gasteiger partial charge is 0.243 e. The fourth-order valence-corrected chi connectivity index (χ4v) is 4.88. The lowest BCUT2D eigenvalue weighted by molar-refractivity contribution is 0.442. The molecule has 1 aliphatic rings. The Kier molecular flexibility index (Phi) is 4.50. The van der Waals surface area contributed by atoms with Gasteiger partial charge in [-0.3, -0.25) is 0 Å². The van der Waals surface area contributed by atoms with Crippen molar-refractivity contribution in [3.63, 3.8) is 0 Å². The van der Waals surface area contributed by atoms with Crippen LogP contribution in [0.5, 0.6) is 0 Å². The van der Waals surface area contributed by atoms with E-state index in [0.717, 1.165) is 11.5 Å². The van der Waals surface area contributed by atoms with Crippen LogP contribution in [0.15, 0.2) is 17.0 Å². The van der Waals surface area contributed by atoms with Gasteiger partial charge in [0, 0.05) is 36.7 Å². The standard InChI is InChI=1S/C12H17FN2O2S2/c1-9-11(13)6-10(8-14)7-12(9)19(16,17)15-2-4-18-5-3-15/h6-7H,2-5,8,14H2,1H3. The molecule has 0 aliphatic carbocycles. The van der Waals surface area contributed by atoms with Crippen LogP contribution in [0, 0.1) is 12.7 Å². The summed E-state index contributed by atoms with van der Waals surface area (Å²) in [4.78, 5) is 0.0415. The second kappa shape index (κ2) is 5.78. The zero-order chi connectivity index (χ0) is 14.0. The minimum absolute atomic E-state index is 0.0415. The highest BCUT2D eigenvalue weighted by Gasteiger charge is 2.28. The van der Waals surface area contributed by atoms with E-state index in [9.17, 15) is 12.8 Å². The molecule has 0 radical (unpaired) electrons. The lowest BCUT2D eigenvalue weighted by atomic mass is 10.1. The quantitative estimate of drug-likeness (QED) is 0.915. The topological polar surface area (TPSA) is 63.4 Å². The zero-order valence-corrected chi connectivity index (χ0v) is 12.4. The molecule has 0 bridgehead atoms. The van der Waals surface area contributed by atoms with E-state index in [1.54, 1.807) is 11.8 Å². The van der Waals surface area contributed by atoms with E-state index in [1.807, 2.05) is 0 Å². The Hall–Kier alpha value is -0.630. The van der Waals surface area contributed by atoms with Gasteiger partial charge in [-0.1, -0.05) is 0 Å². The Morgan fingerprint density at radius 3 is 2.58 bits per heavy atom. The normalized spacial score (nSPS) is 17.6. The molecular formula is C12H17FN2O2S2. The zero-order valence-electron chi connectivity index (χ0n) is 10.7. The third-order valence-corrected chi connectivity index (χ3v) is 6.15. The predicted molar refractivity (Wildman–Crippen MR) is 75.1 cm³/mol. The molecule has 106 valence electrons. The van der Waals surface area contributed by atoms with Crippen LogP contribution < -0.4 is 5.73 Å². The Bertz CT molecular complexity index is 569. The summed E-state index contributed by atoms with van der Waals surface area (Å²) < 4.78 is 40.3. The molecule has 0 saturated carbocycles. The fraction of sp³-hybridized carbons (Fsp3) is 0.500. The molecule has 1 heterocycles. The van der Waals surface area contributed by atoms with Crippen LogP contribution >= 0.6 is 11.8 Å². The van der Waals surface area contributed by atoms with Gasteiger partial charge in [-0.2, -0.15) is 16.1 Å². The van der Waals surface area contributed by atoms with Crippen molar-refractivity contribution < 1.29 is 12.8 Å². The Morgan fingerprint density at radius 2 is 2.00 bits per heavy atom. The molecule has 0 atom stereocenters. The number of sulfonamides is 1. The van der Waals surface area contributed by atoms with Crippen LogP contribution in [0.25, 0.3) is 0 Å². The highest BCUT2D eigenvalue weighted by molar-refractivity contribution is 7.99. The van der Waals surface area contributed by atoms with Gasteiger partial charge in [-0.15, -0.1) is 0 Å². The second-order valence-corrected chi connectivity index (χ2v) is 7.55. The third-order valence-electron chi connectivity index (χ3n) is 3.18. The monoisotopic (exact) mass is 304 g/mol. The van der Waals surface area contributed by atoms with Gasteiger partial charge in [-0.05, 0) is 24.6 Å². The lowest BCUT2D eigenvalue weighted by Gasteiger charge is -2.26. The number of nitrogens with zero attached hydrogens (tertiary/aromatic N) is 1. The highest BCUT2D eigenvalue weighted by atomic mass is 32.2. The number of rotatable bonds is 3. The number of nitrogens with two attached hydrogens (primary N) is 1. The molecule has 0 unspecified atom stereocenters. The van der Waals surface area contributed by atoms with E-state index in [4.69, 9.17) is 5.73 Å². The Labute approximate surface area is 117 Å². The summed E-state index contributed by atoms with van der Waals surface area (Å²) in [6.45, 7) is 2.55. The molecule has 2 rings (SSSR count). The van der Waals surface area contributed by atoms with E-state index in [2.05, 4.69) is 0 Å². The van der Waals surface area contributed by atoms with Crippen molar-refractivity contribution >= 4 is 21.8 Å². The van der Waals surface area contributed by atoms with Gasteiger partial charge in [0.2, 0.25) is 10.0 Å². The van der Waals surface area contributed by atoms with Crippen LogP contribution in [-0.2, 0) is 16.6 Å². The van der Waals surface area contributed by atoms with Crippen LogP contribution in [0.3, 0.4) is 0 Å². The minimum Gasteiger partial charge on any atom is -0.326 e. The largest absolute Gasteiger partial charge is 0.326 e. The molecule has 2 N–H and O–H groups in total. The van der Waals surface area contributed by atoms with E-state index >= 15 is 0 Å². The maximum atomic E-state index is 13.8. The summed E-state index contributed by atoms with van der Waals surface area (Å²) in [6.07, 6.45) is 0. The first-order chi connectivity index (χ1) is 8.96. The average molecular weight is 304 g/mol. The van der Waals surface area contributed by atoms with Crippen LogP contribution in [-0.4, -0.2) is 37.3 Å². The Morgan fingerprint density at radius 1 is 1.37 bits per heavy atom. The number of halogens is 1. The van der Waals surface area contributed by atoms with Gasteiger partial charge >= 0.3 is 0 Å². The molecule has 1 saturated heterocycles. The molecule has 0 spiro atoms. The average Bonchev–Trinajstić information content (AvgIpc) is 2.42. The molecule has 1 aliphatic heterocycles. The van der Waals surface area contributed by atoms with Gasteiger partial charge in [-0.25, -0.2) is 12.8 Å². The molecule has 1 aromatic carbocycles. The number of thioether (sulfide) groups is 1. The maximum Gasteiger partial charge on any atom is 0.243 e. The Balaban J connectivity index is 2.47. The lowest BCUT2D eigenvalue weighted by Crippen LogP contribution is -2.38. The molecule has 7 heteroatoms. The van der Waals surface area contributed by atoms with Gasteiger partial charge < -0.3 is 5.73 Å². The summed E-state index contributed by atoms with van der Waals surface area (Å²) in [5, 5.41) is 0. The van der Waals surface area contributed by atoms with Crippen LogP contribution in [0.1, 0.15) is 11.1 Å². The summed E-state index contributed by atoms with van der Waals surface area (Å²) >= 11 is 1.72. The van der Waals surface area contributed by atoms with Crippen molar-refractivity contribution in [1.29, 1.82) is 0 Å². The molecular weight excluding hydrogens is 287 g/mol. The van der Waals surface area contributed by atoms with Crippen molar-refractivity contribution in [2.75, 3.05) is 24.6 Å². The number of hydrogen-bond acceptors (Lipinski definition) is 4. The van der Waals surface area contributed by atoms with Gasteiger partial charge in [0.25, 0.3) is 0 Å². The van der Waals surface area contributed by atoms with Crippen molar-refractivity contribution in [2.24, 2.45) is 5.73 Å². The first-order valence-electron chi connectivity index (χ1n) is 6.04. The van der Waals surface area contributed by atoms with E-state index < -0.39 is 15.8 Å². The van der Waals surface area contributed by atoms with Gasteiger partial charge in [0.05, 0.1) is 4.90 Å². The van der Waals surface area contributed by atoms with Gasteiger partial charge in [0.15, 0.2) is 0 Å². The molecule has 0 amide bonds. The van der Waals surface area contributed by atoms with Crippen molar-refractivity contribution in [3.05, 3.63) is 29.1 Å².